The summed E-state index contributed by atoms with van der Waals surface area (Å²) in [7, 11) is 0. The van der Waals surface area contributed by atoms with Gasteiger partial charge in [0.15, 0.2) is 6.29 Å². The van der Waals surface area contributed by atoms with Gasteiger partial charge < -0.3 is 30.1 Å². The Hall–Kier alpha value is -0.240. The molecule has 5 atom stereocenters. The van der Waals surface area contributed by atoms with Crippen LogP contribution in [0.5, 0.6) is 0 Å². The van der Waals surface area contributed by atoms with E-state index < -0.39 is 30.6 Å². The Morgan fingerprint density at radius 3 is 2.50 bits per heavy atom. The summed E-state index contributed by atoms with van der Waals surface area (Å²) in [6.45, 7) is 6.25. The zero-order valence-corrected chi connectivity index (χ0v) is 12.7. The minimum absolute atomic E-state index is 0.0840. The van der Waals surface area contributed by atoms with Gasteiger partial charge in [0.05, 0.1) is 18.8 Å². The first-order chi connectivity index (χ1) is 9.51. The van der Waals surface area contributed by atoms with Crippen LogP contribution in [-0.2, 0) is 9.47 Å². The summed E-state index contributed by atoms with van der Waals surface area (Å²) < 4.78 is 11.0. The van der Waals surface area contributed by atoms with Crippen LogP contribution < -0.4 is 5.32 Å². The summed E-state index contributed by atoms with van der Waals surface area (Å²) in [6, 6.07) is -0.493. The van der Waals surface area contributed by atoms with E-state index in [9.17, 15) is 15.3 Å². The van der Waals surface area contributed by atoms with E-state index in [4.69, 9.17) is 9.47 Å². The lowest BCUT2D eigenvalue weighted by atomic mass is 9.96. The Labute approximate surface area is 121 Å². The molecule has 1 saturated heterocycles. The second-order valence-electron chi connectivity index (χ2n) is 5.57. The Morgan fingerprint density at radius 1 is 1.25 bits per heavy atom. The van der Waals surface area contributed by atoms with E-state index in [0.29, 0.717) is 0 Å². The lowest BCUT2D eigenvalue weighted by Crippen LogP contribution is -2.64. The molecule has 1 heterocycles. The zero-order chi connectivity index (χ0) is 15.1. The van der Waals surface area contributed by atoms with Crippen LogP contribution in [0.3, 0.4) is 0 Å². The van der Waals surface area contributed by atoms with Gasteiger partial charge in [-0.25, -0.2) is 0 Å². The first-order valence-electron chi connectivity index (χ1n) is 7.52. The molecule has 1 aliphatic heterocycles. The number of hydrogen-bond donors (Lipinski definition) is 4. The van der Waals surface area contributed by atoms with Gasteiger partial charge in [-0.1, -0.05) is 19.8 Å². The van der Waals surface area contributed by atoms with Crippen LogP contribution in [0, 0.1) is 0 Å². The van der Waals surface area contributed by atoms with Crippen molar-refractivity contribution < 1.29 is 24.8 Å². The number of aliphatic hydroxyl groups is 3. The molecule has 0 saturated carbocycles. The third-order valence-electron chi connectivity index (χ3n) is 3.46. The van der Waals surface area contributed by atoms with Gasteiger partial charge in [0.1, 0.15) is 18.3 Å². The standard InChI is InChI=1S/C14H29NO5/c1-4-5-6-7-15-11-13(19-9(2)3)12(17)10(8-16)20-14(11)18/h9-18H,4-8H2,1-3H3/t10-,11-,12-,13-,14+/m1/s1. The molecule has 0 amide bonds. The number of aliphatic hydroxyl groups excluding tert-OH is 3. The van der Waals surface area contributed by atoms with E-state index in [-0.39, 0.29) is 12.7 Å². The number of hydrogen-bond acceptors (Lipinski definition) is 6. The smallest absolute Gasteiger partial charge is 0.173 e. The van der Waals surface area contributed by atoms with E-state index >= 15 is 0 Å². The van der Waals surface area contributed by atoms with Crippen LogP contribution >= 0.6 is 0 Å². The fourth-order valence-corrected chi connectivity index (χ4v) is 2.42. The number of rotatable bonds is 8. The van der Waals surface area contributed by atoms with Crippen molar-refractivity contribution in [2.45, 2.75) is 76.8 Å². The predicted molar refractivity (Wildman–Crippen MR) is 75.3 cm³/mol. The summed E-state index contributed by atoms with van der Waals surface area (Å²) in [4.78, 5) is 0. The molecule has 0 spiro atoms. The molecule has 0 radical (unpaired) electrons. The summed E-state index contributed by atoms with van der Waals surface area (Å²) in [6.07, 6.45) is -0.344. The number of ether oxygens (including phenoxy) is 2. The Morgan fingerprint density at radius 2 is 1.95 bits per heavy atom. The van der Waals surface area contributed by atoms with Crippen molar-refractivity contribution in [1.29, 1.82) is 0 Å². The minimum Gasteiger partial charge on any atom is -0.394 e. The molecule has 4 N–H and O–H groups in total. The van der Waals surface area contributed by atoms with E-state index in [1.165, 1.54) is 0 Å². The van der Waals surface area contributed by atoms with Crippen molar-refractivity contribution in [2.75, 3.05) is 13.2 Å². The predicted octanol–water partition coefficient (Wildman–Crippen LogP) is -0.00120. The first kappa shape index (κ1) is 17.8. The maximum atomic E-state index is 10.2. The molecule has 1 rings (SSSR count). The van der Waals surface area contributed by atoms with Crippen LogP contribution in [0.25, 0.3) is 0 Å². The minimum atomic E-state index is -1.10. The van der Waals surface area contributed by atoms with Gasteiger partial charge in [-0.15, -0.1) is 0 Å². The van der Waals surface area contributed by atoms with Gasteiger partial charge >= 0.3 is 0 Å². The zero-order valence-electron chi connectivity index (χ0n) is 12.7. The monoisotopic (exact) mass is 291 g/mol. The lowest BCUT2D eigenvalue weighted by Gasteiger charge is -2.43. The van der Waals surface area contributed by atoms with Crippen molar-refractivity contribution >= 4 is 0 Å². The van der Waals surface area contributed by atoms with Gasteiger partial charge in [0.25, 0.3) is 0 Å². The fourth-order valence-electron chi connectivity index (χ4n) is 2.42. The van der Waals surface area contributed by atoms with Gasteiger partial charge in [0.2, 0.25) is 0 Å². The van der Waals surface area contributed by atoms with Gasteiger partial charge in [0, 0.05) is 0 Å². The number of nitrogens with one attached hydrogen (secondary N) is 1. The van der Waals surface area contributed by atoms with Crippen molar-refractivity contribution in [3.05, 3.63) is 0 Å². The second kappa shape index (κ2) is 8.92. The highest BCUT2D eigenvalue weighted by atomic mass is 16.6. The van der Waals surface area contributed by atoms with E-state index in [1.54, 1.807) is 0 Å². The largest absolute Gasteiger partial charge is 0.394 e. The quantitative estimate of drug-likeness (QED) is 0.471. The molecule has 6 heteroatoms. The molecular formula is C14H29NO5. The van der Waals surface area contributed by atoms with E-state index in [2.05, 4.69) is 12.2 Å². The van der Waals surface area contributed by atoms with Crippen LogP contribution in [0.2, 0.25) is 0 Å². The maximum Gasteiger partial charge on any atom is 0.173 e. The molecular weight excluding hydrogens is 262 g/mol. The van der Waals surface area contributed by atoms with Crippen LogP contribution in [0.15, 0.2) is 0 Å². The maximum absolute atomic E-state index is 10.2. The summed E-state index contributed by atoms with van der Waals surface area (Å²) in [5.74, 6) is 0. The molecule has 120 valence electrons. The molecule has 0 aliphatic carbocycles. The third-order valence-corrected chi connectivity index (χ3v) is 3.46. The molecule has 1 fully saturated rings. The molecule has 0 aromatic heterocycles. The summed E-state index contributed by atoms with van der Waals surface area (Å²) in [5.41, 5.74) is 0. The van der Waals surface area contributed by atoms with E-state index in [0.717, 1.165) is 25.8 Å². The third kappa shape index (κ3) is 4.95. The molecule has 0 aromatic carbocycles. The normalized spacial score (nSPS) is 34.6. The average Bonchev–Trinajstić information content (AvgIpc) is 2.40. The first-order valence-corrected chi connectivity index (χ1v) is 7.52. The Kier molecular flexibility index (Phi) is 7.94. The van der Waals surface area contributed by atoms with Crippen molar-refractivity contribution in [2.24, 2.45) is 0 Å². The fraction of sp³-hybridized carbons (Fsp3) is 1.00. The molecule has 1 aliphatic rings. The van der Waals surface area contributed by atoms with Crippen molar-refractivity contribution in [3.8, 4) is 0 Å². The molecule has 0 bridgehead atoms. The molecule has 0 aromatic rings. The number of unbranched alkanes of at least 4 members (excludes halogenated alkanes) is 2. The van der Waals surface area contributed by atoms with Crippen molar-refractivity contribution in [3.63, 3.8) is 0 Å². The summed E-state index contributed by atoms with van der Waals surface area (Å²) >= 11 is 0. The molecule has 0 unspecified atom stereocenters. The Balaban J connectivity index is 2.65. The Bertz CT molecular complexity index is 264. The van der Waals surface area contributed by atoms with Crippen LogP contribution in [0.1, 0.15) is 40.0 Å². The van der Waals surface area contributed by atoms with Gasteiger partial charge in [-0.05, 0) is 26.8 Å². The highest BCUT2D eigenvalue weighted by Crippen LogP contribution is 2.23. The SMILES string of the molecule is CCCCCN[C@@H]1[C@@H](OC(C)C)[C@H](O)[C@@H](CO)O[C@@H]1O. The van der Waals surface area contributed by atoms with Gasteiger partial charge in [-0.3, -0.25) is 0 Å². The van der Waals surface area contributed by atoms with Crippen LogP contribution in [-0.4, -0.2) is 65.2 Å². The van der Waals surface area contributed by atoms with E-state index in [1.807, 2.05) is 13.8 Å². The highest BCUT2D eigenvalue weighted by molar-refractivity contribution is 4.94. The summed E-state index contributed by atoms with van der Waals surface area (Å²) in [5, 5.41) is 32.6. The second-order valence-corrected chi connectivity index (χ2v) is 5.57. The topological polar surface area (TPSA) is 91.2 Å². The van der Waals surface area contributed by atoms with Crippen LogP contribution in [0.4, 0.5) is 0 Å². The van der Waals surface area contributed by atoms with Crippen molar-refractivity contribution in [1.82, 2.24) is 5.32 Å². The lowest BCUT2D eigenvalue weighted by molar-refractivity contribution is -0.267. The molecule has 6 nitrogen and oxygen atoms in total. The highest BCUT2D eigenvalue weighted by Gasteiger charge is 2.45. The van der Waals surface area contributed by atoms with Gasteiger partial charge in [-0.2, -0.15) is 0 Å². The average molecular weight is 291 g/mol. The molecule has 20 heavy (non-hydrogen) atoms.